The molecule has 45 heavy (non-hydrogen) atoms. The summed E-state index contributed by atoms with van der Waals surface area (Å²) in [7, 11) is 0. The van der Waals surface area contributed by atoms with Crippen LogP contribution in [0, 0.1) is 0 Å². The highest BCUT2D eigenvalue weighted by atomic mass is 79.9. The van der Waals surface area contributed by atoms with Crippen LogP contribution < -0.4 is 22.2 Å². The molecule has 0 fully saturated rings. The molecule has 220 valence electrons. The number of hydrogen-bond donors (Lipinski definition) is 0. The van der Waals surface area contributed by atoms with Crippen molar-refractivity contribution in [2.45, 2.75) is 13.1 Å². The minimum Gasteiger partial charge on any atom is -0.268 e. The first-order valence-corrected chi connectivity index (χ1v) is 16.5. The van der Waals surface area contributed by atoms with Crippen molar-refractivity contribution in [3.63, 3.8) is 0 Å². The molecule has 8 rings (SSSR count). The van der Waals surface area contributed by atoms with Crippen LogP contribution in [0.25, 0.3) is 40.3 Å². The summed E-state index contributed by atoms with van der Waals surface area (Å²) in [4.78, 5) is 51.5. The van der Waals surface area contributed by atoms with Crippen molar-refractivity contribution in [1.29, 1.82) is 0 Å². The maximum absolute atomic E-state index is 12.9. The summed E-state index contributed by atoms with van der Waals surface area (Å²) in [5.41, 5.74) is -0.0462. The number of nitrogens with zero attached hydrogens (tertiary/aromatic N) is 2. The predicted octanol–water partition coefficient (Wildman–Crippen LogP) is 7.45. The highest BCUT2D eigenvalue weighted by Gasteiger charge is 2.21. The first-order valence-electron chi connectivity index (χ1n) is 14.1. The Morgan fingerprint density at radius 1 is 0.467 bits per heavy atom. The smallest absolute Gasteiger partial charge is 0.268 e. The van der Waals surface area contributed by atoms with E-state index in [0.29, 0.717) is 0 Å². The van der Waals surface area contributed by atoms with Crippen molar-refractivity contribution >= 4 is 78.9 Å². The zero-order valence-electron chi connectivity index (χ0n) is 23.6. The normalized spacial score (nSPS) is 11.3. The van der Waals surface area contributed by atoms with Gasteiger partial charge in [0.15, 0.2) is 0 Å². The van der Waals surface area contributed by atoms with Gasteiger partial charge in [0.1, 0.15) is 18.8 Å². The third kappa shape index (κ3) is 5.33. The van der Waals surface area contributed by atoms with Gasteiger partial charge in [-0.25, -0.2) is 0 Å². The Morgan fingerprint density at radius 2 is 0.800 bits per heavy atom. The fraction of sp³-hybridized carbons (Fsp3) is 0.0556. The summed E-state index contributed by atoms with van der Waals surface area (Å²) in [6.45, 7) is 0.304. The third-order valence-electron chi connectivity index (χ3n) is 7.65. The molecule has 0 amide bonds. The highest BCUT2D eigenvalue weighted by molar-refractivity contribution is 9.10. The lowest BCUT2D eigenvalue weighted by molar-refractivity contribution is 0.755. The van der Waals surface area contributed by atoms with Gasteiger partial charge in [0.05, 0.1) is 13.1 Å². The van der Waals surface area contributed by atoms with Crippen LogP contribution in [0.15, 0.2) is 139 Å². The van der Waals surface area contributed by atoms with Gasteiger partial charge in [0.2, 0.25) is 0 Å². The Kier molecular flexibility index (Phi) is 7.75. The van der Waals surface area contributed by atoms with Gasteiger partial charge in [-0.15, -0.1) is 22.7 Å². The largest absolute Gasteiger partial charge is 0.272 e. The number of rotatable bonds is 4. The minimum atomic E-state index is -0.426. The zero-order chi connectivity index (χ0) is 31.1. The van der Waals surface area contributed by atoms with Gasteiger partial charge in [-0.3, -0.25) is 28.3 Å². The molecule has 0 unspecified atom stereocenters. The Labute approximate surface area is 272 Å². The fourth-order valence-electron chi connectivity index (χ4n) is 5.40. The minimum absolute atomic E-state index is 0.152. The van der Waals surface area contributed by atoms with Gasteiger partial charge >= 0.3 is 0 Å². The van der Waals surface area contributed by atoms with E-state index in [9.17, 15) is 19.2 Å². The van der Waals surface area contributed by atoms with E-state index < -0.39 is 22.2 Å². The summed E-state index contributed by atoms with van der Waals surface area (Å²) in [6.07, 6.45) is 0. The predicted molar refractivity (Wildman–Crippen MR) is 190 cm³/mol. The van der Waals surface area contributed by atoms with Gasteiger partial charge in [-0.2, -0.15) is 0 Å². The van der Waals surface area contributed by atoms with E-state index in [2.05, 4.69) is 70.5 Å². The van der Waals surface area contributed by atoms with Crippen molar-refractivity contribution in [1.82, 2.24) is 9.13 Å². The summed E-state index contributed by atoms with van der Waals surface area (Å²) >= 11 is 5.56. The van der Waals surface area contributed by atoms with E-state index in [0.717, 1.165) is 33.8 Å². The molecular weight excluding hydrogens is 668 g/mol. The lowest BCUT2D eigenvalue weighted by atomic mass is 10.0. The highest BCUT2D eigenvalue weighted by Crippen LogP contribution is 2.32. The Bertz CT molecular complexity index is 2340. The van der Waals surface area contributed by atoms with Crippen LogP contribution in [0.5, 0.6) is 0 Å². The first-order chi connectivity index (χ1) is 21.9. The summed E-state index contributed by atoms with van der Waals surface area (Å²) < 4.78 is 4.42. The molecule has 0 saturated heterocycles. The quantitative estimate of drug-likeness (QED) is 0.180. The van der Waals surface area contributed by atoms with Crippen LogP contribution in [-0.2, 0) is 13.1 Å². The summed E-state index contributed by atoms with van der Waals surface area (Å²) in [6, 6.07) is 37.5. The van der Waals surface area contributed by atoms with Crippen LogP contribution in [0.2, 0.25) is 0 Å². The van der Waals surface area contributed by atoms with Crippen LogP contribution in [0.1, 0.15) is 11.1 Å². The Balaban J connectivity index is 0.000000181. The topological polar surface area (TPSA) is 78.1 Å². The molecule has 3 aromatic heterocycles. The molecule has 0 saturated carbocycles. The number of halogens is 1. The van der Waals surface area contributed by atoms with E-state index in [1.165, 1.54) is 35.2 Å². The Morgan fingerprint density at radius 3 is 1.18 bits per heavy atom. The SMILES string of the molecule is Brc1c2ccccc2cc2ccccc12.O=c1c2sc3c(=O)n(Cc4ccccc4)c(=O)c3sc2c(=O)n1Cc1ccccc1. The number of aromatic nitrogens is 2. The van der Waals surface area contributed by atoms with Crippen molar-refractivity contribution in [2.24, 2.45) is 0 Å². The number of benzene rings is 5. The Hall–Kier alpha value is -4.70. The summed E-state index contributed by atoms with van der Waals surface area (Å²) in [5.74, 6) is 0. The molecule has 0 atom stereocenters. The second-order valence-corrected chi connectivity index (χ2v) is 13.4. The van der Waals surface area contributed by atoms with Gasteiger partial charge in [0, 0.05) is 4.47 Å². The van der Waals surface area contributed by atoms with E-state index in [1.54, 1.807) is 0 Å². The molecule has 3 heterocycles. The van der Waals surface area contributed by atoms with E-state index >= 15 is 0 Å². The number of fused-ring (bicyclic) bond motifs is 4. The van der Waals surface area contributed by atoms with E-state index in [-0.39, 0.29) is 31.9 Å². The van der Waals surface area contributed by atoms with Gasteiger partial charge in [-0.1, -0.05) is 109 Å². The van der Waals surface area contributed by atoms with Gasteiger partial charge in [0.25, 0.3) is 22.2 Å². The molecule has 0 bridgehead atoms. The second kappa shape index (κ2) is 12.0. The van der Waals surface area contributed by atoms with E-state index in [1.807, 2.05) is 60.7 Å². The number of hydrogen-bond acceptors (Lipinski definition) is 6. The zero-order valence-corrected chi connectivity index (χ0v) is 26.8. The molecule has 0 N–H and O–H groups in total. The maximum atomic E-state index is 12.9. The van der Waals surface area contributed by atoms with Crippen molar-refractivity contribution in [2.75, 3.05) is 0 Å². The van der Waals surface area contributed by atoms with Gasteiger partial charge < -0.3 is 0 Å². The van der Waals surface area contributed by atoms with Crippen LogP contribution in [0.3, 0.4) is 0 Å². The van der Waals surface area contributed by atoms with Gasteiger partial charge in [-0.05, 0) is 54.7 Å². The molecule has 9 heteroatoms. The molecule has 0 spiro atoms. The van der Waals surface area contributed by atoms with E-state index in [4.69, 9.17) is 0 Å². The molecular formula is C36H23BrN2O4S2. The average Bonchev–Trinajstić information content (AvgIpc) is 3.45. The monoisotopic (exact) mass is 690 g/mol. The molecule has 6 nitrogen and oxygen atoms in total. The molecule has 0 aliphatic carbocycles. The maximum Gasteiger partial charge on any atom is 0.272 e. The third-order valence-corrected chi connectivity index (χ3v) is 11.1. The van der Waals surface area contributed by atoms with Crippen LogP contribution >= 0.6 is 38.6 Å². The van der Waals surface area contributed by atoms with Crippen molar-refractivity contribution in [3.05, 3.63) is 172 Å². The van der Waals surface area contributed by atoms with Crippen molar-refractivity contribution < 1.29 is 0 Å². The van der Waals surface area contributed by atoms with Crippen molar-refractivity contribution in [3.8, 4) is 0 Å². The molecule has 0 radical (unpaired) electrons. The molecule has 5 aromatic carbocycles. The first kappa shape index (κ1) is 29.0. The van der Waals surface area contributed by atoms with Crippen LogP contribution in [0.4, 0.5) is 0 Å². The molecule has 8 aromatic rings. The fourth-order valence-corrected chi connectivity index (χ4v) is 8.55. The van der Waals surface area contributed by atoms with Crippen LogP contribution in [-0.4, -0.2) is 9.13 Å². The molecule has 0 aliphatic heterocycles. The second-order valence-electron chi connectivity index (χ2n) is 10.5. The standard InChI is InChI=1S/C22H14N2O4S2.C14H9Br/c25-19-15-16(20(26)23(19)11-13-7-3-1-4-8-13)30-18-17(29-15)21(27)24(22(18)28)12-14-9-5-2-6-10-14;15-14-12-7-3-1-5-10(12)9-11-6-2-4-8-13(11)14/h1-10H,11-12H2;1-9H. The lowest BCUT2D eigenvalue weighted by Gasteiger charge is -2.05. The average molecular weight is 692 g/mol. The lowest BCUT2D eigenvalue weighted by Crippen LogP contribution is -2.26. The molecule has 0 aliphatic rings. The summed E-state index contributed by atoms with van der Waals surface area (Å²) in [5, 5.41) is 5.11.